The van der Waals surface area contributed by atoms with E-state index in [2.05, 4.69) is 10.1 Å². The second kappa shape index (κ2) is 6.56. The maximum atomic E-state index is 12.1. The molecule has 0 unspecified atom stereocenters. The van der Waals surface area contributed by atoms with E-state index in [-0.39, 0.29) is 22.8 Å². The van der Waals surface area contributed by atoms with Crippen molar-refractivity contribution in [3.8, 4) is 5.75 Å². The molecule has 1 aliphatic carbocycles. The minimum Gasteiger partial charge on any atom is -0.406 e. The average Bonchev–Trinajstić information content (AvgIpc) is 2.45. The van der Waals surface area contributed by atoms with Crippen molar-refractivity contribution in [2.24, 2.45) is 5.73 Å². The molecule has 1 aromatic carbocycles. The van der Waals surface area contributed by atoms with Crippen LogP contribution >= 0.6 is 0 Å². The zero-order chi connectivity index (χ0) is 16.2. The van der Waals surface area contributed by atoms with Crippen molar-refractivity contribution in [1.29, 1.82) is 0 Å². The molecule has 0 heterocycles. The first kappa shape index (κ1) is 16.6. The summed E-state index contributed by atoms with van der Waals surface area (Å²) in [6.07, 6.45) is 0.257. The Kier molecular flexibility index (Phi) is 4.95. The van der Waals surface area contributed by atoms with Crippen LogP contribution in [-0.4, -0.2) is 24.4 Å². The fraction of sp³-hybridized carbons (Fsp3) is 0.533. The van der Waals surface area contributed by atoms with E-state index < -0.39 is 6.36 Å². The lowest BCUT2D eigenvalue weighted by molar-refractivity contribution is -0.274. The molecule has 4 nitrogen and oxygen atoms in total. The lowest BCUT2D eigenvalue weighted by Gasteiger charge is -2.33. The molecule has 1 amide bonds. The van der Waals surface area contributed by atoms with Crippen LogP contribution in [0, 0.1) is 0 Å². The highest BCUT2D eigenvalue weighted by atomic mass is 19.4. The van der Waals surface area contributed by atoms with E-state index in [9.17, 15) is 18.0 Å². The summed E-state index contributed by atoms with van der Waals surface area (Å²) < 4.78 is 39.9. The Labute approximate surface area is 126 Å². The van der Waals surface area contributed by atoms with Gasteiger partial charge >= 0.3 is 6.36 Å². The van der Waals surface area contributed by atoms with Gasteiger partial charge in [-0.2, -0.15) is 0 Å². The molecular formula is C15H19F3N2O2. The van der Waals surface area contributed by atoms with Crippen molar-refractivity contribution in [2.75, 3.05) is 6.54 Å². The van der Waals surface area contributed by atoms with Gasteiger partial charge in [-0.3, -0.25) is 4.79 Å². The Hall–Kier alpha value is -1.76. The molecule has 3 N–H and O–H groups in total. The van der Waals surface area contributed by atoms with Gasteiger partial charge in [0.25, 0.3) is 5.91 Å². The molecule has 2 rings (SSSR count). The van der Waals surface area contributed by atoms with E-state index >= 15 is 0 Å². The maximum Gasteiger partial charge on any atom is 0.573 e. The van der Waals surface area contributed by atoms with Crippen molar-refractivity contribution in [3.05, 3.63) is 29.8 Å². The first-order valence-electron chi connectivity index (χ1n) is 7.20. The topological polar surface area (TPSA) is 64.3 Å². The number of nitrogens with one attached hydrogen (secondary N) is 1. The van der Waals surface area contributed by atoms with Gasteiger partial charge in [0, 0.05) is 17.6 Å². The lowest BCUT2D eigenvalue weighted by atomic mass is 9.82. The van der Waals surface area contributed by atoms with Crippen LogP contribution in [0.4, 0.5) is 13.2 Å². The van der Waals surface area contributed by atoms with Crippen LogP contribution in [-0.2, 0) is 0 Å². The Morgan fingerprint density at radius 3 is 2.32 bits per heavy atom. The first-order valence-corrected chi connectivity index (χ1v) is 7.20. The predicted molar refractivity (Wildman–Crippen MR) is 75.5 cm³/mol. The summed E-state index contributed by atoms with van der Waals surface area (Å²) in [7, 11) is 0. The molecule has 22 heavy (non-hydrogen) atoms. The van der Waals surface area contributed by atoms with Crippen molar-refractivity contribution in [1.82, 2.24) is 5.32 Å². The number of halogens is 3. The van der Waals surface area contributed by atoms with Crippen LogP contribution in [0.1, 0.15) is 42.5 Å². The fourth-order valence-electron chi connectivity index (χ4n) is 2.60. The van der Waals surface area contributed by atoms with Crippen molar-refractivity contribution in [2.45, 2.75) is 44.0 Å². The van der Waals surface area contributed by atoms with Crippen LogP contribution in [0.2, 0.25) is 0 Å². The zero-order valence-electron chi connectivity index (χ0n) is 12.1. The Bertz CT molecular complexity index is 509. The Balaban J connectivity index is 1.89. The van der Waals surface area contributed by atoms with E-state index in [1.54, 1.807) is 0 Å². The van der Waals surface area contributed by atoms with Gasteiger partial charge in [0.05, 0.1) is 0 Å². The van der Waals surface area contributed by atoms with E-state index in [0.29, 0.717) is 6.54 Å². The predicted octanol–water partition coefficient (Wildman–Crippen LogP) is 2.98. The third-order valence-corrected chi connectivity index (χ3v) is 3.80. The fourth-order valence-corrected chi connectivity index (χ4v) is 2.60. The number of carbonyl (C=O) groups is 1. The van der Waals surface area contributed by atoms with E-state index in [0.717, 1.165) is 44.2 Å². The van der Waals surface area contributed by atoms with Gasteiger partial charge < -0.3 is 15.8 Å². The van der Waals surface area contributed by atoms with Gasteiger partial charge in [-0.15, -0.1) is 13.2 Å². The molecule has 0 aromatic heterocycles. The first-order chi connectivity index (χ1) is 10.3. The molecule has 122 valence electrons. The van der Waals surface area contributed by atoms with Crippen LogP contribution in [0.3, 0.4) is 0 Å². The van der Waals surface area contributed by atoms with Crippen LogP contribution in [0.5, 0.6) is 5.75 Å². The van der Waals surface area contributed by atoms with Gasteiger partial charge in [0.15, 0.2) is 0 Å². The number of hydrogen-bond acceptors (Lipinski definition) is 3. The van der Waals surface area contributed by atoms with Gasteiger partial charge in [-0.1, -0.05) is 19.3 Å². The minimum absolute atomic E-state index is 0.272. The number of carbonyl (C=O) groups excluding carboxylic acids is 1. The molecule has 0 bridgehead atoms. The minimum atomic E-state index is -4.74. The third-order valence-electron chi connectivity index (χ3n) is 3.80. The summed E-state index contributed by atoms with van der Waals surface area (Å²) in [5.41, 5.74) is 6.11. The molecule has 7 heteroatoms. The summed E-state index contributed by atoms with van der Waals surface area (Å²) >= 11 is 0. The molecule has 0 radical (unpaired) electrons. The summed E-state index contributed by atoms with van der Waals surface area (Å²) in [4.78, 5) is 12.0. The SMILES string of the molecule is NC1(CNC(=O)c2ccc(OC(F)(F)F)cc2)CCCCC1. The van der Waals surface area contributed by atoms with Gasteiger partial charge in [0.1, 0.15) is 5.75 Å². The lowest BCUT2D eigenvalue weighted by Crippen LogP contribution is -2.51. The molecule has 0 atom stereocenters. The van der Waals surface area contributed by atoms with E-state index in [1.165, 1.54) is 12.1 Å². The number of ether oxygens (including phenoxy) is 1. The highest BCUT2D eigenvalue weighted by Gasteiger charge is 2.31. The zero-order valence-corrected chi connectivity index (χ0v) is 12.1. The van der Waals surface area contributed by atoms with Gasteiger partial charge in [-0.25, -0.2) is 0 Å². The maximum absolute atomic E-state index is 12.1. The smallest absolute Gasteiger partial charge is 0.406 e. The number of alkyl halides is 3. The molecule has 0 saturated heterocycles. The second-order valence-electron chi connectivity index (χ2n) is 5.68. The molecule has 1 aliphatic rings. The van der Waals surface area contributed by atoms with Crippen LogP contribution in [0.25, 0.3) is 0 Å². The number of rotatable bonds is 4. The second-order valence-corrected chi connectivity index (χ2v) is 5.68. The average molecular weight is 316 g/mol. The van der Waals surface area contributed by atoms with Crippen LogP contribution < -0.4 is 15.8 Å². The van der Waals surface area contributed by atoms with Crippen molar-refractivity contribution in [3.63, 3.8) is 0 Å². The molecular weight excluding hydrogens is 297 g/mol. The normalized spacial score (nSPS) is 17.8. The number of hydrogen-bond donors (Lipinski definition) is 2. The largest absolute Gasteiger partial charge is 0.573 e. The quantitative estimate of drug-likeness (QED) is 0.897. The number of amides is 1. The van der Waals surface area contributed by atoms with Gasteiger partial charge in [0.2, 0.25) is 0 Å². The number of benzene rings is 1. The van der Waals surface area contributed by atoms with Gasteiger partial charge in [-0.05, 0) is 37.1 Å². The monoisotopic (exact) mass is 316 g/mol. The molecule has 0 aliphatic heterocycles. The Morgan fingerprint density at radius 1 is 1.18 bits per heavy atom. The molecule has 1 saturated carbocycles. The standard InChI is InChI=1S/C15H19F3N2O2/c16-15(17,18)22-12-6-4-11(5-7-12)13(21)20-10-14(19)8-2-1-3-9-14/h4-7H,1-3,8-10,19H2,(H,20,21). The van der Waals surface area contributed by atoms with E-state index in [4.69, 9.17) is 5.73 Å². The highest BCUT2D eigenvalue weighted by molar-refractivity contribution is 5.94. The number of nitrogens with two attached hydrogens (primary N) is 1. The summed E-state index contributed by atoms with van der Waals surface area (Å²) in [6, 6.07) is 4.81. The Morgan fingerprint density at radius 2 is 1.77 bits per heavy atom. The summed E-state index contributed by atoms with van der Waals surface area (Å²) in [5, 5.41) is 2.75. The van der Waals surface area contributed by atoms with Crippen molar-refractivity contribution < 1.29 is 22.7 Å². The summed E-state index contributed by atoms with van der Waals surface area (Å²) in [5.74, 6) is -0.708. The highest BCUT2D eigenvalue weighted by Crippen LogP contribution is 2.25. The molecule has 0 spiro atoms. The van der Waals surface area contributed by atoms with E-state index in [1.807, 2.05) is 0 Å². The third kappa shape index (κ3) is 4.91. The molecule has 1 aromatic rings. The van der Waals surface area contributed by atoms with Crippen molar-refractivity contribution >= 4 is 5.91 Å². The summed E-state index contributed by atoms with van der Waals surface area (Å²) in [6.45, 7) is 0.368. The van der Waals surface area contributed by atoms with Crippen LogP contribution in [0.15, 0.2) is 24.3 Å². The molecule has 1 fully saturated rings.